The van der Waals surface area contributed by atoms with Crippen molar-refractivity contribution in [3.63, 3.8) is 0 Å². The molecule has 0 radical (unpaired) electrons. The predicted molar refractivity (Wildman–Crippen MR) is 81.8 cm³/mol. The molecular formula is C15H3ClF14N2. The largest absolute Gasteiger partial charge is 0.460 e. The fourth-order valence-electron chi connectivity index (χ4n) is 2.27. The van der Waals surface area contributed by atoms with Crippen LogP contribution in [-0.4, -0.2) is 41.8 Å². The molecule has 0 amide bonds. The number of hydrogen-bond acceptors (Lipinski definition) is 2. The van der Waals surface area contributed by atoms with Gasteiger partial charge in [-0.2, -0.15) is 52.7 Å². The molecule has 0 spiro atoms. The number of hydrogen-bond donors (Lipinski definition) is 0. The van der Waals surface area contributed by atoms with Crippen LogP contribution in [0.2, 0.25) is 5.02 Å². The molecule has 17 heteroatoms. The fourth-order valence-corrected chi connectivity index (χ4v) is 2.44. The molecule has 0 bridgehead atoms. The average molecular weight is 513 g/mol. The van der Waals surface area contributed by atoms with Gasteiger partial charge >= 0.3 is 30.1 Å². The lowest BCUT2D eigenvalue weighted by Gasteiger charge is -2.32. The molecule has 1 heterocycles. The van der Waals surface area contributed by atoms with Crippen LogP contribution in [0.3, 0.4) is 0 Å². The highest BCUT2D eigenvalue weighted by Gasteiger charge is 2.77. The van der Waals surface area contributed by atoms with E-state index in [9.17, 15) is 61.5 Å². The molecule has 0 saturated heterocycles. The van der Waals surface area contributed by atoms with E-state index in [0.29, 0.717) is 18.2 Å². The van der Waals surface area contributed by atoms with Gasteiger partial charge < -0.3 is 0 Å². The maximum atomic E-state index is 14.6. The predicted octanol–water partition coefficient (Wildman–Crippen LogP) is 7.68. The number of alkyl halides is 12. The van der Waals surface area contributed by atoms with E-state index in [1.165, 1.54) is 0 Å². The number of aliphatic imine (C=N–C) groups is 2. The van der Waals surface area contributed by atoms with Gasteiger partial charge in [-0.05, 0) is 18.2 Å². The van der Waals surface area contributed by atoms with Gasteiger partial charge in [-0.25, -0.2) is 18.8 Å². The summed E-state index contributed by atoms with van der Waals surface area (Å²) in [6.45, 7) is 0. The lowest BCUT2D eigenvalue weighted by molar-refractivity contribution is -0.312. The summed E-state index contributed by atoms with van der Waals surface area (Å²) in [5, 5.41) is -0.441. The summed E-state index contributed by atoms with van der Waals surface area (Å²) in [5.41, 5.74) is -16.2. The SMILES string of the molecule is FC1=Nc2cc(Cl)ccc2N=C(C(F)(C(F)(F)F)C(F)(F)F)/C1=C(\F)C(F)(F)C(F)(F)F. The average Bonchev–Trinajstić information content (AvgIpc) is 2.72. The first kappa shape index (κ1) is 25.9. The third-order valence-electron chi connectivity index (χ3n) is 3.79. The van der Waals surface area contributed by atoms with Crippen molar-refractivity contribution >= 4 is 34.7 Å². The summed E-state index contributed by atoms with van der Waals surface area (Å²) in [7, 11) is 0. The van der Waals surface area contributed by atoms with Gasteiger partial charge in [0, 0.05) is 5.02 Å². The molecular weight excluding hydrogens is 510 g/mol. The van der Waals surface area contributed by atoms with E-state index in [1.54, 1.807) is 0 Å². The van der Waals surface area contributed by atoms with Gasteiger partial charge in [0.1, 0.15) is 5.71 Å². The Hall–Kier alpha value is -2.39. The monoisotopic (exact) mass is 512 g/mol. The highest BCUT2D eigenvalue weighted by atomic mass is 35.5. The number of halogens is 15. The molecule has 0 atom stereocenters. The Morgan fingerprint density at radius 3 is 1.66 bits per heavy atom. The van der Waals surface area contributed by atoms with Crippen LogP contribution in [-0.2, 0) is 0 Å². The summed E-state index contributed by atoms with van der Waals surface area (Å²) in [6.07, 6.45) is -21.3. The summed E-state index contributed by atoms with van der Waals surface area (Å²) < 4.78 is 186. The second-order valence-corrected chi connectivity index (χ2v) is 6.35. The molecule has 2 rings (SSSR count). The van der Waals surface area contributed by atoms with Crippen molar-refractivity contribution < 1.29 is 61.5 Å². The van der Waals surface area contributed by atoms with E-state index in [-0.39, 0.29) is 0 Å². The zero-order valence-corrected chi connectivity index (χ0v) is 15.1. The minimum absolute atomic E-state index is 0.407. The quantitative estimate of drug-likeness (QED) is 0.363. The summed E-state index contributed by atoms with van der Waals surface area (Å²) in [4.78, 5) is 5.00. The van der Waals surface area contributed by atoms with E-state index in [0.717, 1.165) is 0 Å². The van der Waals surface area contributed by atoms with E-state index in [1.807, 2.05) is 0 Å². The Kier molecular flexibility index (Phi) is 6.13. The van der Waals surface area contributed by atoms with Crippen LogP contribution in [0.4, 0.5) is 72.8 Å². The molecule has 178 valence electrons. The molecule has 0 aliphatic carbocycles. The minimum atomic E-state index is -7.18. The summed E-state index contributed by atoms with van der Waals surface area (Å²) in [6, 6.07) is 1.57. The first-order valence-electron chi connectivity index (χ1n) is 7.47. The summed E-state index contributed by atoms with van der Waals surface area (Å²) in [5.74, 6) is -14.2. The van der Waals surface area contributed by atoms with E-state index in [4.69, 9.17) is 11.6 Å². The van der Waals surface area contributed by atoms with E-state index in [2.05, 4.69) is 9.98 Å². The van der Waals surface area contributed by atoms with Crippen LogP contribution < -0.4 is 0 Å². The second-order valence-electron chi connectivity index (χ2n) is 5.91. The van der Waals surface area contributed by atoms with Crippen LogP contribution in [0.5, 0.6) is 0 Å². The molecule has 2 nitrogen and oxygen atoms in total. The van der Waals surface area contributed by atoms with Crippen molar-refractivity contribution in [2.75, 3.05) is 0 Å². The topological polar surface area (TPSA) is 24.7 Å². The van der Waals surface area contributed by atoms with Crippen molar-refractivity contribution in [3.05, 3.63) is 34.6 Å². The number of rotatable bonds is 2. The molecule has 0 saturated carbocycles. The van der Waals surface area contributed by atoms with Crippen molar-refractivity contribution in [1.29, 1.82) is 0 Å². The van der Waals surface area contributed by atoms with E-state index >= 15 is 0 Å². The second kappa shape index (κ2) is 7.59. The minimum Gasteiger partial charge on any atom is -0.246 e. The summed E-state index contributed by atoms with van der Waals surface area (Å²) >= 11 is 5.45. The van der Waals surface area contributed by atoms with Crippen molar-refractivity contribution in [2.45, 2.75) is 30.1 Å². The molecule has 1 aliphatic heterocycles. The normalized spacial score (nSPS) is 18.0. The van der Waals surface area contributed by atoms with Gasteiger partial charge in [-0.3, -0.25) is 0 Å². The highest BCUT2D eigenvalue weighted by Crippen LogP contribution is 2.52. The fraction of sp³-hybridized carbons (Fsp3) is 0.333. The number of fused-ring (bicyclic) bond motifs is 1. The Morgan fingerprint density at radius 1 is 0.719 bits per heavy atom. The number of allylic oxidation sites excluding steroid dienone is 2. The van der Waals surface area contributed by atoms with E-state index < -0.39 is 69.6 Å². The Morgan fingerprint density at radius 2 is 1.22 bits per heavy atom. The van der Waals surface area contributed by atoms with Crippen molar-refractivity contribution in [3.8, 4) is 0 Å². The molecule has 1 aliphatic rings. The highest BCUT2D eigenvalue weighted by molar-refractivity contribution is 6.31. The molecule has 0 fully saturated rings. The third kappa shape index (κ3) is 4.03. The number of benzene rings is 1. The van der Waals surface area contributed by atoms with Crippen molar-refractivity contribution in [1.82, 2.24) is 0 Å². The molecule has 0 unspecified atom stereocenters. The number of nitrogens with zero attached hydrogens (tertiary/aromatic N) is 2. The van der Waals surface area contributed by atoms with Crippen LogP contribution >= 0.6 is 11.6 Å². The molecule has 1 aromatic carbocycles. The third-order valence-corrected chi connectivity index (χ3v) is 4.03. The maximum Gasteiger partial charge on any atom is 0.460 e. The molecule has 0 aromatic heterocycles. The standard InChI is InChI=1S/C15H3ClF14N2/c16-4-1-2-5-6(3-4)32-10(18)7(8(17)12(20,21)15(28,29)30)9(31-5)11(19,13(22,23)24)14(25,26)27/h1-3H/b8-7+. The van der Waals surface area contributed by atoms with Crippen LogP contribution in [0.25, 0.3) is 0 Å². The van der Waals surface area contributed by atoms with Gasteiger partial charge in [0.05, 0.1) is 16.9 Å². The Balaban J connectivity index is 3.12. The molecule has 32 heavy (non-hydrogen) atoms. The Bertz CT molecular complexity index is 998. The zero-order chi connectivity index (χ0) is 25.1. The Labute approximate surface area is 171 Å². The lowest BCUT2D eigenvalue weighted by atomic mass is 9.90. The van der Waals surface area contributed by atoms with Gasteiger partial charge in [-0.1, -0.05) is 11.6 Å². The maximum absolute atomic E-state index is 14.6. The first-order valence-corrected chi connectivity index (χ1v) is 7.85. The van der Waals surface area contributed by atoms with Gasteiger partial charge in [0.2, 0.25) is 5.97 Å². The van der Waals surface area contributed by atoms with Gasteiger partial charge in [-0.15, -0.1) is 0 Å². The van der Waals surface area contributed by atoms with Gasteiger partial charge in [0.15, 0.2) is 5.83 Å². The molecule has 1 aromatic rings. The van der Waals surface area contributed by atoms with Crippen LogP contribution in [0.1, 0.15) is 0 Å². The van der Waals surface area contributed by atoms with Crippen LogP contribution in [0, 0.1) is 0 Å². The van der Waals surface area contributed by atoms with Crippen LogP contribution in [0.15, 0.2) is 39.6 Å². The zero-order valence-electron chi connectivity index (χ0n) is 14.3. The smallest absolute Gasteiger partial charge is 0.246 e. The molecule has 0 N–H and O–H groups in total. The first-order chi connectivity index (χ1) is 14.2. The van der Waals surface area contributed by atoms with Gasteiger partial charge in [0.25, 0.3) is 0 Å². The lowest BCUT2D eigenvalue weighted by Crippen LogP contribution is -2.60. The van der Waals surface area contributed by atoms with Crippen molar-refractivity contribution in [2.24, 2.45) is 9.98 Å².